The third-order valence-electron chi connectivity index (χ3n) is 5.34. The van der Waals surface area contributed by atoms with Gasteiger partial charge in [-0.1, -0.05) is 36.4 Å². The molecule has 130 valence electrons. The van der Waals surface area contributed by atoms with E-state index in [1.54, 1.807) is 0 Å². The van der Waals surface area contributed by atoms with Gasteiger partial charge in [0.15, 0.2) is 0 Å². The number of anilines is 4. The van der Waals surface area contributed by atoms with Crippen molar-refractivity contribution < 1.29 is 0 Å². The lowest BCUT2D eigenvalue weighted by Crippen LogP contribution is -2.26. The Morgan fingerprint density at radius 1 is 0.769 bits per heavy atom. The van der Waals surface area contributed by atoms with E-state index in [0.29, 0.717) is 0 Å². The van der Waals surface area contributed by atoms with E-state index in [4.69, 9.17) is 9.97 Å². The van der Waals surface area contributed by atoms with Gasteiger partial charge in [-0.3, -0.25) is 0 Å². The van der Waals surface area contributed by atoms with Crippen LogP contribution in [0.25, 0.3) is 0 Å². The minimum absolute atomic E-state index is 0.813. The van der Waals surface area contributed by atoms with E-state index in [1.807, 2.05) is 0 Å². The van der Waals surface area contributed by atoms with Gasteiger partial charge in [0.2, 0.25) is 5.95 Å². The van der Waals surface area contributed by atoms with Crippen molar-refractivity contribution in [2.75, 3.05) is 22.9 Å². The number of fused-ring (bicyclic) bond motifs is 2. The molecule has 26 heavy (non-hydrogen) atoms. The fourth-order valence-electron chi connectivity index (χ4n) is 4.11. The molecule has 0 N–H and O–H groups in total. The minimum Gasteiger partial charge on any atom is -0.326 e. The molecule has 0 fully saturated rings. The van der Waals surface area contributed by atoms with E-state index in [2.05, 4.69) is 71.3 Å². The summed E-state index contributed by atoms with van der Waals surface area (Å²) in [6, 6.07) is 19.3. The highest BCUT2D eigenvalue weighted by molar-refractivity contribution is 5.69. The van der Waals surface area contributed by atoms with Crippen LogP contribution in [0, 0.1) is 6.92 Å². The van der Waals surface area contributed by atoms with Gasteiger partial charge in [0.1, 0.15) is 5.82 Å². The number of aryl methyl sites for hydroxylation is 2. The number of hydrogen-bond acceptors (Lipinski definition) is 4. The number of nitrogens with zero attached hydrogens (tertiary/aromatic N) is 4. The van der Waals surface area contributed by atoms with Crippen LogP contribution in [0.5, 0.6) is 0 Å². The SMILES string of the molecule is Cc1cc(N2CCCc3ccccc32)nc(N2CCc3ccccc32)n1. The van der Waals surface area contributed by atoms with E-state index in [9.17, 15) is 0 Å². The maximum atomic E-state index is 4.98. The maximum Gasteiger partial charge on any atom is 0.232 e. The summed E-state index contributed by atoms with van der Waals surface area (Å²) in [5, 5.41) is 0. The van der Waals surface area contributed by atoms with Crippen molar-refractivity contribution in [1.29, 1.82) is 0 Å². The molecule has 5 rings (SSSR count). The molecule has 0 saturated heterocycles. The lowest BCUT2D eigenvalue weighted by molar-refractivity contribution is 0.756. The molecular formula is C22H22N4. The van der Waals surface area contributed by atoms with Crippen molar-refractivity contribution in [1.82, 2.24) is 9.97 Å². The zero-order valence-corrected chi connectivity index (χ0v) is 15.0. The van der Waals surface area contributed by atoms with E-state index < -0.39 is 0 Å². The van der Waals surface area contributed by atoms with Gasteiger partial charge in [-0.15, -0.1) is 0 Å². The summed E-state index contributed by atoms with van der Waals surface area (Å²) in [7, 11) is 0. The third kappa shape index (κ3) is 2.53. The smallest absolute Gasteiger partial charge is 0.232 e. The summed E-state index contributed by atoms with van der Waals surface area (Å²) in [6.45, 7) is 4.01. The zero-order valence-electron chi connectivity index (χ0n) is 15.0. The number of benzene rings is 2. The third-order valence-corrected chi connectivity index (χ3v) is 5.34. The Kier molecular flexibility index (Phi) is 3.63. The zero-order chi connectivity index (χ0) is 17.5. The van der Waals surface area contributed by atoms with Crippen LogP contribution < -0.4 is 9.80 Å². The second-order valence-corrected chi connectivity index (χ2v) is 7.08. The quantitative estimate of drug-likeness (QED) is 0.683. The monoisotopic (exact) mass is 342 g/mol. The van der Waals surface area contributed by atoms with Gasteiger partial charge in [-0.2, -0.15) is 4.98 Å². The van der Waals surface area contributed by atoms with Crippen LogP contribution in [0.4, 0.5) is 23.1 Å². The van der Waals surface area contributed by atoms with Gasteiger partial charge < -0.3 is 9.80 Å². The van der Waals surface area contributed by atoms with E-state index in [0.717, 1.165) is 49.8 Å². The molecule has 2 aliphatic heterocycles. The molecule has 0 bridgehead atoms. The molecule has 0 saturated carbocycles. The Bertz CT molecular complexity index is 966. The first-order valence-corrected chi connectivity index (χ1v) is 9.36. The lowest BCUT2D eigenvalue weighted by Gasteiger charge is -2.31. The number of rotatable bonds is 2. The van der Waals surface area contributed by atoms with Gasteiger partial charge in [-0.05, 0) is 49.4 Å². The van der Waals surface area contributed by atoms with Crippen molar-refractivity contribution in [2.45, 2.75) is 26.2 Å². The van der Waals surface area contributed by atoms with Gasteiger partial charge in [0.05, 0.1) is 0 Å². The standard InChI is InChI=1S/C22H22N4/c1-16-15-21(25-13-6-9-17-7-2-4-10-19(17)25)24-22(23-16)26-14-12-18-8-3-5-11-20(18)26/h2-5,7-8,10-11,15H,6,9,12-14H2,1H3. The summed E-state index contributed by atoms with van der Waals surface area (Å²) in [4.78, 5) is 14.3. The normalized spacial score (nSPS) is 15.7. The highest BCUT2D eigenvalue weighted by atomic mass is 15.3. The average Bonchev–Trinajstić information content (AvgIpc) is 3.11. The van der Waals surface area contributed by atoms with Crippen molar-refractivity contribution >= 4 is 23.1 Å². The molecule has 3 heterocycles. The number of aromatic nitrogens is 2. The van der Waals surface area contributed by atoms with Crippen LogP contribution in [0.1, 0.15) is 23.2 Å². The molecule has 0 amide bonds. The Morgan fingerprint density at radius 2 is 1.46 bits per heavy atom. The van der Waals surface area contributed by atoms with Crippen molar-refractivity contribution in [3.63, 3.8) is 0 Å². The molecule has 0 spiro atoms. The molecule has 0 radical (unpaired) electrons. The first kappa shape index (κ1) is 15.4. The number of hydrogen-bond donors (Lipinski definition) is 0. The molecular weight excluding hydrogens is 320 g/mol. The fraction of sp³-hybridized carbons (Fsp3) is 0.273. The molecule has 0 aliphatic carbocycles. The predicted octanol–water partition coefficient (Wildman–Crippen LogP) is 4.56. The summed E-state index contributed by atoms with van der Waals surface area (Å²) in [5.41, 5.74) is 6.32. The van der Waals surface area contributed by atoms with Crippen LogP contribution in [0.3, 0.4) is 0 Å². The van der Waals surface area contributed by atoms with Crippen LogP contribution in [-0.4, -0.2) is 23.1 Å². The minimum atomic E-state index is 0.813. The Labute approximate surface area is 154 Å². The van der Waals surface area contributed by atoms with Crippen molar-refractivity contribution in [3.8, 4) is 0 Å². The highest BCUT2D eigenvalue weighted by Gasteiger charge is 2.24. The number of para-hydroxylation sites is 2. The second-order valence-electron chi connectivity index (χ2n) is 7.08. The predicted molar refractivity (Wildman–Crippen MR) is 106 cm³/mol. The molecule has 2 aromatic carbocycles. The van der Waals surface area contributed by atoms with Crippen LogP contribution >= 0.6 is 0 Å². The average molecular weight is 342 g/mol. The highest BCUT2D eigenvalue weighted by Crippen LogP contribution is 2.36. The van der Waals surface area contributed by atoms with E-state index in [-0.39, 0.29) is 0 Å². The van der Waals surface area contributed by atoms with Gasteiger partial charge >= 0.3 is 0 Å². The molecule has 1 aromatic heterocycles. The Balaban J connectivity index is 1.57. The molecule has 0 unspecified atom stereocenters. The first-order valence-electron chi connectivity index (χ1n) is 9.36. The Morgan fingerprint density at radius 3 is 2.27 bits per heavy atom. The Hall–Kier alpha value is -2.88. The molecule has 4 heteroatoms. The van der Waals surface area contributed by atoms with E-state index in [1.165, 1.54) is 22.5 Å². The molecule has 0 atom stereocenters. The van der Waals surface area contributed by atoms with Gasteiger partial charge in [0.25, 0.3) is 0 Å². The summed E-state index contributed by atoms with van der Waals surface area (Å²) in [5.74, 6) is 1.82. The molecule has 4 nitrogen and oxygen atoms in total. The molecule has 3 aromatic rings. The summed E-state index contributed by atoms with van der Waals surface area (Å²) < 4.78 is 0. The van der Waals surface area contributed by atoms with Crippen LogP contribution in [0.15, 0.2) is 54.6 Å². The first-order chi connectivity index (χ1) is 12.8. The largest absolute Gasteiger partial charge is 0.326 e. The van der Waals surface area contributed by atoms with Crippen molar-refractivity contribution in [3.05, 3.63) is 71.4 Å². The fourth-order valence-corrected chi connectivity index (χ4v) is 4.11. The summed E-state index contributed by atoms with van der Waals surface area (Å²) >= 11 is 0. The van der Waals surface area contributed by atoms with Crippen molar-refractivity contribution in [2.24, 2.45) is 0 Å². The second kappa shape index (κ2) is 6.13. The van der Waals surface area contributed by atoms with Crippen LogP contribution in [0.2, 0.25) is 0 Å². The molecule has 2 aliphatic rings. The topological polar surface area (TPSA) is 32.3 Å². The van der Waals surface area contributed by atoms with Crippen LogP contribution in [-0.2, 0) is 12.8 Å². The summed E-state index contributed by atoms with van der Waals surface area (Å²) in [6.07, 6.45) is 3.35. The maximum absolute atomic E-state index is 4.98. The van der Waals surface area contributed by atoms with Gasteiger partial charge in [0, 0.05) is 36.2 Å². The van der Waals surface area contributed by atoms with E-state index >= 15 is 0 Å². The van der Waals surface area contributed by atoms with Gasteiger partial charge in [-0.25, -0.2) is 4.98 Å². The lowest BCUT2D eigenvalue weighted by atomic mass is 10.0.